The minimum atomic E-state index is -0.687. The molecule has 0 radical (unpaired) electrons. The van der Waals surface area contributed by atoms with Crippen molar-refractivity contribution in [2.45, 2.75) is 18.7 Å². The largest absolute Gasteiger partial charge is 0.394 e. The predicted octanol–water partition coefficient (Wildman–Crippen LogP) is 1.36. The third-order valence-corrected chi connectivity index (χ3v) is 5.24. The van der Waals surface area contributed by atoms with Gasteiger partial charge in [0.1, 0.15) is 19.3 Å². The summed E-state index contributed by atoms with van der Waals surface area (Å²) in [6, 6.07) is 15.5. The van der Waals surface area contributed by atoms with Crippen molar-refractivity contribution in [3.8, 4) is 0 Å². The lowest BCUT2D eigenvalue weighted by atomic mass is 9.99. The molecule has 0 unspecified atom stereocenters. The molecule has 9 nitrogen and oxygen atoms in total. The average molecular weight is 441 g/mol. The number of aliphatic hydroxyl groups is 1. The Labute approximate surface area is 187 Å². The summed E-state index contributed by atoms with van der Waals surface area (Å²) in [5.74, 6) is -0.581. The van der Waals surface area contributed by atoms with E-state index in [1.165, 1.54) is 9.80 Å². The number of benzene rings is 2. The van der Waals surface area contributed by atoms with E-state index in [0.717, 1.165) is 11.1 Å². The summed E-state index contributed by atoms with van der Waals surface area (Å²) in [4.78, 5) is 39.3. The minimum Gasteiger partial charge on any atom is -0.394 e. The van der Waals surface area contributed by atoms with Crippen LogP contribution in [0.3, 0.4) is 0 Å². The van der Waals surface area contributed by atoms with Gasteiger partial charge in [0.05, 0.1) is 12.6 Å². The molecule has 2 aromatic rings. The highest BCUT2D eigenvalue weighted by Crippen LogP contribution is 2.29. The Morgan fingerprint density at radius 3 is 2.44 bits per heavy atom. The SMILES string of the molecule is CN(C)C(=O)CN1C(=O)CO[C@H](c2ccc(NC(=O)NCc3ccccc3)cc2)[C@H]1CO. The molecule has 1 heterocycles. The second-order valence-electron chi connectivity index (χ2n) is 7.71. The van der Waals surface area contributed by atoms with E-state index in [1.807, 2.05) is 30.3 Å². The van der Waals surface area contributed by atoms with Crippen molar-refractivity contribution in [1.29, 1.82) is 0 Å². The Morgan fingerprint density at radius 2 is 1.81 bits per heavy atom. The molecule has 0 spiro atoms. The molecule has 3 N–H and O–H groups in total. The zero-order chi connectivity index (χ0) is 23.1. The predicted molar refractivity (Wildman–Crippen MR) is 119 cm³/mol. The van der Waals surface area contributed by atoms with Crippen LogP contribution in [0.4, 0.5) is 10.5 Å². The first-order valence-electron chi connectivity index (χ1n) is 10.3. The van der Waals surface area contributed by atoms with Crippen LogP contribution in [-0.2, 0) is 20.9 Å². The van der Waals surface area contributed by atoms with Gasteiger partial charge in [0.25, 0.3) is 0 Å². The van der Waals surface area contributed by atoms with Gasteiger partial charge in [-0.05, 0) is 23.3 Å². The van der Waals surface area contributed by atoms with Crippen molar-refractivity contribution in [2.75, 3.05) is 39.2 Å². The molecule has 3 rings (SSSR count). The molecule has 1 saturated heterocycles. The van der Waals surface area contributed by atoms with Crippen LogP contribution in [-0.4, -0.2) is 72.6 Å². The first-order valence-corrected chi connectivity index (χ1v) is 10.3. The maximum absolute atomic E-state index is 12.3. The number of morpholine rings is 1. The standard InChI is InChI=1S/C23H28N4O5/c1-26(2)20(29)13-27-19(14-28)22(32-15-21(27)30)17-8-10-18(11-9-17)25-23(31)24-12-16-6-4-3-5-7-16/h3-11,19,22,28H,12-15H2,1-2H3,(H2,24,25,31)/t19-,22-/m1/s1. The van der Waals surface area contributed by atoms with Crippen LogP contribution in [0.2, 0.25) is 0 Å². The fraction of sp³-hybridized carbons (Fsp3) is 0.348. The maximum Gasteiger partial charge on any atom is 0.319 e. The summed E-state index contributed by atoms with van der Waals surface area (Å²) in [6.45, 7) is -0.241. The van der Waals surface area contributed by atoms with Gasteiger partial charge < -0.3 is 30.3 Å². The number of ether oxygens (including phenoxy) is 1. The van der Waals surface area contributed by atoms with E-state index in [2.05, 4.69) is 10.6 Å². The maximum atomic E-state index is 12.3. The number of anilines is 1. The molecular formula is C23H28N4O5. The van der Waals surface area contributed by atoms with Crippen molar-refractivity contribution >= 4 is 23.5 Å². The van der Waals surface area contributed by atoms with Gasteiger partial charge in [-0.2, -0.15) is 0 Å². The van der Waals surface area contributed by atoms with Crippen LogP contribution in [0.15, 0.2) is 54.6 Å². The molecule has 1 aliphatic rings. The first-order chi connectivity index (χ1) is 15.4. The highest BCUT2D eigenvalue weighted by Gasteiger charge is 2.38. The van der Waals surface area contributed by atoms with Gasteiger partial charge in [0.2, 0.25) is 11.8 Å². The van der Waals surface area contributed by atoms with Crippen molar-refractivity contribution < 1.29 is 24.2 Å². The van der Waals surface area contributed by atoms with Gasteiger partial charge in [-0.1, -0.05) is 42.5 Å². The summed E-state index contributed by atoms with van der Waals surface area (Å²) in [5.41, 5.74) is 2.31. The lowest BCUT2D eigenvalue weighted by molar-refractivity contribution is -0.164. The number of urea groups is 1. The molecule has 32 heavy (non-hydrogen) atoms. The number of hydrogen-bond acceptors (Lipinski definition) is 5. The molecule has 4 amide bonds. The molecule has 9 heteroatoms. The van der Waals surface area contributed by atoms with E-state index in [1.54, 1.807) is 38.4 Å². The molecule has 0 aliphatic carbocycles. The van der Waals surface area contributed by atoms with Gasteiger partial charge in [-0.3, -0.25) is 9.59 Å². The van der Waals surface area contributed by atoms with Gasteiger partial charge in [0.15, 0.2) is 0 Å². The Kier molecular flexibility index (Phi) is 7.80. The number of amides is 4. The quantitative estimate of drug-likeness (QED) is 0.602. The number of carbonyl (C=O) groups is 3. The fourth-order valence-corrected chi connectivity index (χ4v) is 3.42. The van der Waals surface area contributed by atoms with E-state index in [9.17, 15) is 19.5 Å². The molecular weight excluding hydrogens is 412 g/mol. The minimum absolute atomic E-state index is 0.127. The third kappa shape index (κ3) is 5.83. The van der Waals surface area contributed by atoms with E-state index < -0.39 is 12.1 Å². The summed E-state index contributed by atoms with van der Waals surface area (Å²) in [5, 5.41) is 15.5. The average Bonchev–Trinajstić information content (AvgIpc) is 2.80. The first kappa shape index (κ1) is 23.2. The Bertz CT molecular complexity index is 933. The van der Waals surface area contributed by atoms with Crippen LogP contribution >= 0.6 is 0 Å². The van der Waals surface area contributed by atoms with E-state index >= 15 is 0 Å². The topological polar surface area (TPSA) is 111 Å². The summed E-state index contributed by atoms with van der Waals surface area (Å²) in [7, 11) is 3.22. The molecule has 1 aliphatic heterocycles. The van der Waals surface area contributed by atoms with Crippen LogP contribution < -0.4 is 10.6 Å². The number of carbonyl (C=O) groups excluding carboxylic acids is 3. The number of nitrogens with zero attached hydrogens (tertiary/aromatic N) is 2. The van der Waals surface area contributed by atoms with Crippen LogP contribution in [0.25, 0.3) is 0 Å². The Hall–Kier alpha value is -3.43. The third-order valence-electron chi connectivity index (χ3n) is 5.24. The molecule has 2 atom stereocenters. The van der Waals surface area contributed by atoms with E-state index in [-0.39, 0.29) is 37.6 Å². The van der Waals surface area contributed by atoms with Gasteiger partial charge in [-0.15, -0.1) is 0 Å². The van der Waals surface area contributed by atoms with Crippen LogP contribution in [0.5, 0.6) is 0 Å². The summed E-state index contributed by atoms with van der Waals surface area (Å²) < 4.78 is 5.68. The molecule has 0 saturated carbocycles. The number of rotatable bonds is 7. The number of nitrogens with one attached hydrogen (secondary N) is 2. The molecule has 1 fully saturated rings. The highest BCUT2D eigenvalue weighted by molar-refractivity contribution is 5.89. The Morgan fingerprint density at radius 1 is 1.12 bits per heavy atom. The zero-order valence-electron chi connectivity index (χ0n) is 18.2. The molecule has 0 aromatic heterocycles. The van der Waals surface area contributed by atoms with E-state index in [0.29, 0.717) is 12.2 Å². The normalized spacial score (nSPS) is 18.2. The molecule has 0 bridgehead atoms. The van der Waals surface area contributed by atoms with Crippen LogP contribution in [0.1, 0.15) is 17.2 Å². The van der Waals surface area contributed by atoms with Gasteiger partial charge in [-0.25, -0.2) is 4.79 Å². The summed E-state index contributed by atoms with van der Waals surface area (Å²) in [6.07, 6.45) is -0.589. The lowest BCUT2D eigenvalue weighted by Gasteiger charge is -2.40. The van der Waals surface area contributed by atoms with E-state index in [4.69, 9.17) is 4.74 Å². The van der Waals surface area contributed by atoms with Crippen molar-refractivity contribution in [2.24, 2.45) is 0 Å². The van der Waals surface area contributed by atoms with Crippen molar-refractivity contribution in [1.82, 2.24) is 15.1 Å². The second-order valence-corrected chi connectivity index (χ2v) is 7.71. The monoisotopic (exact) mass is 440 g/mol. The number of aliphatic hydroxyl groups excluding tert-OH is 1. The van der Waals surface area contributed by atoms with Crippen molar-refractivity contribution in [3.05, 3.63) is 65.7 Å². The number of likely N-dealkylation sites (N-methyl/N-ethyl adjacent to an activating group) is 1. The van der Waals surface area contributed by atoms with Crippen LogP contribution in [0, 0.1) is 0 Å². The number of hydrogen-bond donors (Lipinski definition) is 3. The smallest absolute Gasteiger partial charge is 0.319 e. The van der Waals surface area contributed by atoms with Gasteiger partial charge in [0, 0.05) is 26.3 Å². The molecule has 2 aromatic carbocycles. The van der Waals surface area contributed by atoms with Crippen molar-refractivity contribution in [3.63, 3.8) is 0 Å². The lowest BCUT2D eigenvalue weighted by Crippen LogP contribution is -2.55. The Balaban J connectivity index is 1.63. The fourth-order valence-electron chi connectivity index (χ4n) is 3.42. The zero-order valence-corrected chi connectivity index (χ0v) is 18.2. The van der Waals surface area contributed by atoms with Gasteiger partial charge >= 0.3 is 6.03 Å². The second kappa shape index (κ2) is 10.7. The molecule has 170 valence electrons. The highest BCUT2D eigenvalue weighted by atomic mass is 16.5. The summed E-state index contributed by atoms with van der Waals surface area (Å²) >= 11 is 0.